The van der Waals surface area contributed by atoms with Crippen molar-refractivity contribution in [2.45, 2.75) is 20.1 Å². The molecular formula is C20H27N3O2. The Labute approximate surface area is 150 Å². The van der Waals surface area contributed by atoms with Crippen LogP contribution in [0.15, 0.2) is 59.6 Å². The van der Waals surface area contributed by atoms with Gasteiger partial charge in [0.05, 0.1) is 13.2 Å². The molecule has 0 aromatic heterocycles. The number of hydrogen-bond acceptors (Lipinski definition) is 3. The summed E-state index contributed by atoms with van der Waals surface area (Å²) in [6, 6.07) is 18.1. The number of para-hydroxylation sites is 1. The highest BCUT2D eigenvalue weighted by molar-refractivity contribution is 5.79. The van der Waals surface area contributed by atoms with Gasteiger partial charge in [0.15, 0.2) is 5.96 Å². The van der Waals surface area contributed by atoms with E-state index in [0.29, 0.717) is 32.9 Å². The van der Waals surface area contributed by atoms with Gasteiger partial charge in [-0.15, -0.1) is 0 Å². The van der Waals surface area contributed by atoms with Crippen LogP contribution >= 0.6 is 0 Å². The molecule has 2 rings (SSSR count). The monoisotopic (exact) mass is 341 g/mol. The maximum absolute atomic E-state index is 5.67. The third kappa shape index (κ3) is 6.85. The van der Waals surface area contributed by atoms with Gasteiger partial charge in [-0.2, -0.15) is 0 Å². The van der Waals surface area contributed by atoms with E-state index in [9.17, 15) is 0 Å². The normalized spacial score (nSPS) is 11.2. The minimum Gasteiger partial charge on any atom is -0.492 e. The summed E-state index contributed by atoms with van der Waals surface area (Å²) in [4.78, 5) is 4.25. The lowest BCUT2D eigenvalue weighted by Gasteiger charge is -2.14. The van der Waals surface area contributed by atoms with Gasteiger partial charge < -0.3 is 20.1 Å². The molecule has 0 saturated carbocycles. The number of ether oxygens (including phenoxy) is 2. The minimum atomic E-state index is 0.575. The Kier molecular flexibility index (Phi) is 8.35. The predicted octanol–water partition coefficient (Wildman–Crippen LogP) is 2.97. The van der Waals surface area contributed by atoms with E-state index in [1.54, 1.807) is 7.05 Å². The highest BCUT2D eigenvalue weighted by Crippen LogP contribution is 2.10. The number of aliphatic imine (C=N–C) groups is 1. The number of hydrogen-bond donors (Lipinski definition) is 2. The number of nitrogens with one attached hydrogen (secondary N) is 2. The summed E-state index contributed by atoms with van der Waals surface area (Å²) in [6.45, 7) is 5.30. The summed E-state index contributed by atoms with van der Waals surface area (Å²) in [5, 5.41) is 6.58. The van der Waals surface area contributed by atoms with E-state index in [2.05, 4.69) is 27.8 Å². The first kappa shape index (κ1) is 18.8. The molecule has 0 unspecified atom stereocenters. The Morgan fingerprint density at radius 2 is 1.68 bits per heavy atom. The van der Waals surface area contributed by atoms with Crippen LogP contribution in [0.3, 0.4) is 0 Å². The maximum Gasteiger partial charge on any atom is 0.191 e. The molecule has 0 amide bonds. The fourth-order valence-corrected chi connectivity index (χ4v) is 2.34. The number of nitrogens with zero attached hydrogens (tertiary/aromatic N) is 1. The van der Waals surface area contributed by atoms with Crippen LogP contribution in [0, 0.1) is 0 Å². The van der Waals surface area contributed by atoms with E-state index in [4.69, 9.17) is 9.47 Å². The van der Waals surface area contributed by atoms with E-state index < -0.39 is 0 Å². The lowest BCUT2D eigenvalue weighted by molar-refractivity contribution is 0.133. The summed E-state index contributed by atoms with van der Waals surface area (Å²) in [7, 11) is 1.76. The van der Waals surface area contributed by atoms with Gasteiger partial charge in [-0.05, 0) is 30.2 Å². The summed E-state index contributed by atoms with van der Waals surface area (Å²) >= 11 is 0. The summed E-state index contributed by atoms with van der Waals surface area (Å²) in [5.41, 5.74) is 2.40. The van der Waals surface area contributed by atoms with Crippen LogP contribution in [-0.4, -0.2) is 32.8 Å². The van der Waals surface area contributed by atoms with Gasteiger partial charge >= 0.3 is 0 Å². The Balaban J connectivity index is 1.75. The summed E-state index contributed by atoms with van der Waals surface area (Å²) in [5.74, 6) is 1.62. The number of guanidine groups is 1. The van der Waals surface area contributed by atoms with E-state index in [1.165, 1.54) is 11.1 Å². The topological polar surface area (TPSA) is 54.9 Å². The van der Waals surface area contributed by atoms with Gasteiger partial charge in [0.1, 0.15) is 12.4 Å². The SMILES string of the molecule is CCOCc1ccccc1CNC(=NC)NCCOc1ccccc1. The van der Waals surface area contributed by atoms with Crippen molar-refractivity contribution in [2.24, 2.45) is 4.99 Å². The Morgan fingerprint density at radius 1 is 0.960 bits per heavy atom. The van der Waals surface area contributed by atoms with Crippen molar-refractivity contribution in [1.82, 2.24) is 10.6 Å². The zero-order valence-electron chi connectivity index (χ0n) is 15.0. The summed E-state index contributed by atoms with van der Waals surface area (Å²) in [6.07, 6.45) is 0. The Bertz CT molecular complexity index is 644. The Morgan fingerprint density at radius 3 is 2.40 bits per heavy atom. The smallest absolute Gasteiger partial charge is 0.191 e. The molecular weight excluding hydrogens is 314 g/mol. The molecule has 5 nitrogen and oxygen atoms in total. The lowest BCUT2D eigenvalue weighted by Crippen LogP contribution is -2.39. The van der Waals surface area contributed by atoms with Crippen molar-refractivity contribution in [3.63, 3.8) is 0 Å². The molecule has 0 radical (unpaired) electrons. The van der Waals surface area contributed by atoms with Gasteiger partial charge in [0, 0.05) is 20.2 Å². The second kappa shape index (κ2) is 11.1. The van der Waals surface area contributed by atoms with Crippen LogP contribution in [0.2, 0.25) is 0 Å². The third-order valence-electron chi connectivity index (χ3n) is 3.66. The zero-order valence-corrected chi connectivity index (χ0v) is 15.0. The molecule has 0 spiro atoms. The van der Waals surface area contributed by atoms with E-state index in [0.717, 1.165) is 11.7 Å². The average molecular weight is 341 g/mol. The molecule has 134 valence electrons. The first-order chi connectivity index (χ1) is 12.3. The molecule has 2 N–H and O–H groups in total. The molecule has 0 aliphatic heterocycles. The van der Waals surface area contributed by atoms with Crippen molar-refractivity contribution in [3.05, 3.63) is 65.7 Å². The van der Waals surface area contributed by atoms with Crippen LogP contribution in [-0.2, 0) is 17.9 Å². The lowest BCUT2D eigenvalue weighted by atomic mass is 10.1. The first-order valence-electron chi connectivity index (χ1n) is 8.60. The Hall–Kier alpha value is -2.53. The second-order valence-corrected chi connectivity index (χ2v) is 5.42. The summed E-state index contributed by atoms with van der Waals surface area (Å²) < 4.78 is 11.2. The van der Waals surface area contributed by atoms with E-state index >= 15 is 0 Å². The molecule has 0 aliphatic carbocycles. The van der Waals surface area contributed by atoms with Gasteiger partial charge in [0.25, 0.3) is 0 Å². The van der Waals surface area contributed by atoms with E-state index in [1.807, 2.05) is 49.4 Å². The zero-order chi connectivity index (χ0) is 17.7. The molecule has 0 bridgehead atoms. The largest absolute Gasteiger partial charge is 0.492 e. The quantitative estimate of drug-likeness (QED) is 0.418. The molecule has 5 heteroatoms. The van der Waals surface area contributed by atoms with Crippen molar-refractivity contribution in [3.8, 4) is 5.75 Å². The molecule has 2 aromatic rings. The minimum absolute atomic E-state index is 0.575. The molecule has 0 atom stereocenters. The molecule has 0 heterocycles. The standard InChI is InChI=1S/C20H27N3O2/c1-3-24-16-18-10-8-7-9-17(18)15-23-20(21-2)22-13-14-25-19-11-5-4-6-12-19/h4-12H,3,13-16H2,1-2H3,(H2,21,22,23). The molecule has 0 aliphatic rings. The van der Waals surface area contributed by atoms with Crippen LogP contribution in [0.5, 0.6) is 5.75 Å². The highest BCUT2D eigenvalue weighted by atomic mass is 16.5. The maximum atomic E-state index is 5.67. The fraction of sp³-hybridized carbons (Fsp3) is 0.350. The molecule has 25 heavy (non-hydrogen) atoms. The van der Waals surface area contributed by atoms with Crippen LogP contribution < -0.4 is 15.4 Å². The van der Waals surface area contributed by atoms with Crippen LogP contribution in [0.1, 0.15) is 18.1 Å². The average Bonchev–Trinajstić information content (AvgIpc) is 2.67. The number of rotatable bonds is 9. The predicted molar refractivity (Wildman–Crippen MR) is 102 cm³/mol. The van der Waals surface area contributed by atoms with Crippen molar-refractivity contribution in [1.29, 1.82) is 0 Å². The van der Waals surface area contributed by atoms with Crippen molar-refractivity contribution >= 4 is 5.96 Å². The van der Waals surface area contributed by atoms with Crippen LogP contribution in [0.25, 0.3) is 0 Å². The van der Waals surface area contributed by atoms with Gasteiger partial charge in [-0.1, -0.05) is 42.5 Å². The van der Waals surface area contributed by atoms with Crippen molar-refractivity contribution in [2.75, 3.05) is 26.8 Å². The first-order valence-corrected chi connectivity index (χ1v) is 8.60. The molecule has 0 saturated heterocycles. The third-order valence-corrected chi connectivity index (χ3v) is 3.66. The number of benzene rings is 2. The molecule has 2 aromatic carbocycles. The van der Waals surface area contributed by atoms with Gasteiger partial charge in [-0.3, -0.25) is 4.99 Å². The fourth-order valence-electron chi connectivity index (χ4n) is 2.34. The van der Waals surface area contributed by atoms with Gasteiger partial charge in [0.2, 0.25) is 0 Å². The highest BCUT2D eigenvalue weighted by Gasteiger charge is 2.03. The van der Waals surface area contributed by atoms with Crippen molar-refractivity contribution < 1.29 is 9.47 Å². The van der Waals surface area contributed by atoms with E-state index in [-0.39, 0.29) is 0 Å². The molecule has 0 fully saturated rings. The second-order valence-electron chi connectivity index (χ2n) is 5.42. The van der Waals surface area contributed by atoms with Crippen LogP contribution in [0.4, 0.5) is 0 Å². The van der Waals surface area contributed by atoms with Gasteiger partial charge in [-0.25, -0.2) is 0 Å².